The Labute approximate surface area is 95.0 Å². The van der Waals surface area contributed by atoms with Crippen molar-refractivity contribution in [3.63, 3.8) is 0 Å². The van der Waals surface area contributed by atoms with Gasteiger partial charge in [-0.05, 0) is 5.92 Å². The summed E-state index contributed by atoms with van der Waals surface area (Å²) in [6.45, 7) is 5.54. The Hall–Kier alpha value is -0.650. The van der Waals surface area contributed by atoms with Gasteiger partial charge in [0.2, 0.25) is 5.91 Å². The molecule has 0 aromatic carbocycles. The number of fused-ring (bicyclic) bond motifs is 1. The molecule has 2 N–H and O–H groups in total. The van der Waals surface area contributed by atoms with Crippen molar-refractivity contribution in [3.8, 4) is 0 Å². The lowest BCUT2D eigenvalue weighted by molar-refractivity contribution is -0.134. The maximum absolute atomic E-state index is 11.9. The van der Waals surface area contributed by atoms with E-state index in [2.05, 4.69) is 0 Å². The van der Waals surface area contributed by atoms with Crippen LogP contribution in [-0.2, 0) is 9.53 Å². The number of aliphatic hydroxyl groups is 2. The molecule has 0 aromatic rings. The van der Waals surface area contributed by atoms with Crippen LogP contribution in [0, 0.1) is 11.8 Å². The van der Waals surface area contributed by atoms with Crippen LogP contribution in [0.3, 0.4) is 0 Å². The van der Waals surface area contributed by atoms with Crippen LogP contribution >= 0.6 is 0 Å². The smallest absolute Gasteiger partial charge is 0.230 e. The zero-order valence-electron chi connectivity index (χ0n) is 9.88. The van der Waals surface area contributed by atoms with Gasteiger partial charge in [-0.3, -0.25) is 4.79 Å². The molecule has 2 rings (SSSR count). The highest BCUT2D eigenvalue weighted by molar-refractivity contribution is 5.83. The molecule has 0 aromatic heterocycles. The first-order valence-electron chi connectivity index (χ1n) is 5.68. The molecule has 2 heterocycles. The molecule has 0 spiro atoms. The molecule has 5 nitrogen and oxygen atoms in total. The number of amides is 1. The molecule has 92 valence electrons. The van der Waals surface area contributed by atoms with Crippen molar-refractivity contribution in [1.82, 2.24) is 4.90 Å². The van der Waals surface area contributed by atoms with E-state index in [0.29, 0.717) is 0 Å². The Morgan fingerprint density at radius 1 is 1.62 bits per heavy atom. The highest BCUT2D eigenvalue weighted by Crippen LogP contribution is 2.44. The highest BCUT2D eigenvalue weighted by atomic mass is 16.5. The minimum Gasteiger partial charge on any atom is -0.394 e. The third-order valence-corrected chi connectivity index (χ3v) is 3.88. The summed E-state index contributed by atoms with van der Waals surface area (Å²) in [5, 5.41) is 19.8. The lowest BCUT2D eigenvalue weighted by Gasteiger charge is -2.37. The molecule has 2 aliphatic heterocycles. The zero-order chi connectivity index (χ0) is 12.1. The maximum Gasteiger partial charge on any atom is 0.230 e. The van der Waals surface area contributed by atoms with Gasteiger partial charge in [-0.2, -0.15) is 0 Å². The molecule has 3 unspecified atom stereocenters. The first-order chi connectivity index (χ1) is 7.46. The van der Waals surface area contributed by atoms with Gasteiger partial charge in [0.15, 0.2) is 0 Å². The number of nitrogens with zero attached hydrogens (tertiary/aromatic N) is 1. The van der Waals surface area contributed by atoms with E-state index in [0.717, 1.165) is 0 Å². The van der Waals surface area contributed by atoms with Crippen LogP contribution in [0.4, 0.5) is 0 Å². The molecule has 2 aliphatic rings. The Kier molecular flexibility index (Phi) is 2.72. The van der Waals surface area contributed by atoms with Crippen LogP contribution in [0.15, 0.2) is 0 Å². The van der Waals surface area contributed by atoms with Gasteiger partial charge in [-0.1, -0.05) is 20.8 Å². The van der Waals surface area contributed by atoms with E-state index in [1.165, 1.54) is 4.90 Å². The molecule has 2 fully saturated rings. The predicted octanol–water partition coefficient (Wildman–Crippen LogP) is -0.431. The predicted molar refractivity (Wildman–Crippen MR) is 56.4 cm³/mol. The van der Waals surface area contributed by atoms with Gasteiger partial charge in [0.05, 0.1) is 24.7 Å². The van der Waals surface area contributed by atoms with Crippen molar-refractivity contribution >= 4 is 5.91 Å². The summed E-state index contributed by atoms with van der Waals surface area (Å²) in [6.07, 6.45) is -1.17. The third kappa shape index (κ3) is 1.19. The zero-order valence-corrected chi connectivity index (χ0v) is 9.88. The lowest BCUT2D eigenvalue weighted by Crippen LogP contribution is -2.58. The van der Waals surface area contributed by atoms with Crippen LogP contribution in [0.1, 0.15) is 20.8 Å². The summed E-state index contributed by atoms with van der Waals surface area (Å²) < 4.78 is 5.55. The first kappa shape index (κ1) is 11.8. The molecule has 0 aliphatic carbocycles. The summed E-state index contributed by atoms with van der Waals surface area (Å²) in [6, 6.07) is 0. The van der Waals surface area contributed by atoms with E-state index < -0.39 is 17.6 Å². The molecule has 4 atom stereocenters. The lowest BCUT2D eigenvalue weighted by atomic mass is 9.80. The Morgan fingerprint density at radius 3 is 2.75 bits per heavy atom. The Morgan fingerprint density at radius 2 is 2.25 bits per heavy atom. The van der Waals surface area contributed by atoms with Gasteiger partial charge in [0.1, 0.15) is 12.3 Å². The van der Waals surface area contributed by atoms with Gasteiger partial charge in [-0.15, -0.1) is 0 Å². The number of hydrogen-bond donors (Lipinski definition) is 2. The van der Waals surface area contributed by atoms with Crippen molar-refractivity contribution in [1.29, 1.82) is 0 Å². The van der Waals surface area contributed by atoms with Crippen LogP contribution in [0.25, 0.3) is 0 Å². The van der Waals surface area contributed by atoms with E-state index in [4.69, 9.17) is 4.74 Å². The molecule has 2 saturated heterocycles. The monoisotopic (exact) mass is 229 g/mol. The van der Waals surface area contributed by atoms with E-state index in [1.807, 2.05) is 13.8 Å². The van der Waals surface area contributed by atoms with Gasteiger partial charge in [-0.25, -0.2) is 0 Å². The SMILES string of the molecule is CC(C)C1OCN2C(=O)C(C)C(O)[C@]12CO. The number of ether oxygens (including phenoxy) is 1. The fourth-order valence-corrected chi connectivity index (χ4v) is 3.02. The molecule has 5 heteroatoms. The number of carbonyl (C=O) groups is 1. The van der Waals surface area contributed by atoms with Crippen molar-refractivity contribution < 1.29 is 19.7 Å². The van der Waals surface area contributed by atoms with Crippen LogP contribution in [-0.4, -0.2) is 52.1 Å². The summed E-state index contributed by atoms with van der Waals surface area (Å²) in [7, 11) is 0. The van der Waals surface area contributed by atoms with Gasteiger partial charge >= 0.3 is 0 Å². The quantitative estimate of drug-likeness (QED) is 0.674. The molecule has 0 saturated carbocycles. The summed E-state index contributed by atoms with van der Waals surface area (Å²) >= 11 is 0. The van der Waals surface area contributed by atoms with E-state index in [9.17, 15) is 15.0 Å². The fourth-order valence-electron chi connectivity index (χ4n) is 3.02. The molecular formula is C11H19NO4. The van der Waals surface area contributed by atoms with Gasteiger partial charge in [0.25, 0.3) is 0 Å². The second-order valence-electron chi connectivity index (χ2n) is 5.11. The second-order valence-corrected chi connectivity index (χ2v) is 5.11. The molecular weight excluding hydrogens is 210 g/mol. The minimum atomic E-state index is -0.940. The van der Waals surface area contributed by atoms with Gasteiger partial charge < -0.3 is 19.8 Å². The van der Waals surface area contributed by atoms with Crippen molar-refractivity contribution in [2.24, 2.45) is 11.8 Å². The molecule has 1 amide bonds. The van der Waals surface area contributed by atoms with Crippen LogP contribution < -0.4 is 0 Å². The van der Waals surface area contributed by atoms with Gasteiger partial charge in [0, 0.05) is 0 Å². The average Bonchev–Trinajstić information content (AvgIpc) is 2.72. The first-order valence-corrected chi connectivity index (χ1v) is 5.68. The number of aliphatic hydroxyl groups excluding tert-OH is 2. The molecule has 0 radical (unpaired) electrons. The summed E-state index contributed by atoms with van der Waals surface area (Å²) in [5.41, 5.74) is -0.940. The minimum absolute atomic E-state index is 0.135. The van der Waals surface area contributed by atoms with Crippen LogP contribution in [0.5, 0.6) is 0 Å². The Bertz CT molecular complexity index is 306. The fraction of sp³-hybridized carbons (Fsp3) is 0.909. The normalized spacial score (nSPS) is 43.2. The largest absolute Gasteiger partial charge is 0.394 e. The summed E-state index contributed by atoms with van der Waals surface area (Å²) in [5.74, 6) is -0.452. The van der Waals surface area contributed by atoms with Crippen LogP contribution in [0.2, 0.25) is 0 Å². The maximum atomic E-state index is 11.9. The van der Waals surface area contributed by atoms with E-state index >= 15 is 0 Å². The van der Waals surface area contributed by atoms with Crippen molar-refractivity contribution in [2.45, 2.75) is 38.5 Å². The number of hydrogen-bond acceptors (Lipinski definition) is 4. The topological polar surface area (TPSA) is 70.0 Å². The highest BCUT2D eigenvalue weighted by Gasteiger charge is 2.64. The Balaban J connectivity index is 2.42. The van der Waals surface area contributed by atoms with Crippen molar-refractivity contribution in [2.75, 3.05) is 13.3 Å². The third-order valence-electron chi connectivity index (χ3n) is 3.88. The number of carbonyl (C=O) groups excluding carboxylic acids is 1. The van der Waals surface area contributed by atoms with E-state index in [1.54, 1.807) is 6.92 Å². The average molecular weight is 229 g/mol. The van der Waals surface area contributed by atoms with Crippen molar-refractivity contribution in [3.05, 3.63) is 0 Å². The standard InChI is InChI=1S/C11H19NO4/c1-6(2)9-11(4-13)8(14)7(3)10(15)12(11)5-16-9/h6-9,13-14H,4-5H2,1-3H3/t7?,8?,9?,11-/m1/s1. The summed E-state index contributed by atoms with van der Waals surface area (Å²) in [4.78, 5) is 13.4. The number of rotatable bonds is 2. The van der Waals surface area contributed by atoms with E-state index in [-0.39, 0.29) is 31.3 Å². The molecule has 0 bridgehead atoms. The second kappa shape index (κ2) is 3.68. The molecule has 16 heavy (non-hydrogen) atoms.